The molecule has 0 amide bonds. The third kappa shape index (κ3) is 1.78. The molecule has 1 aromatic carbocycles. The molecule has 7 heteroatoms. The summed E-state index contributed by atoms with van der Waals surface area (Å²) in [5.74, 6) is -1.23. The zero-order chi connectivity index (χ0) is 12.6. The van der Waals surface area contributed by atoms with Crippen molar-refractivity contribution in [1.29, 1.82) is 0 Å². The first-order valence-corrected chi connectivity index (χ1v) is 4.85. The van der Waals surface area contributed by atoms with Crippen LogP contribution in [0, 0.1) is 10.1 Å². The van der Waals surface area contributed by atoms with Crippen LogP contribution in [-0.4, -0.2) is 21.0 Å². The zero-order valence-electron chi connectivity index (χ0n) is 8.25. The molecule has 0 saturated heterocycles. The summed E-state index contributed by atoms with van der Waals surface area (Å²) in [4.78, 5) is 25.0. The predicted octanol–water partition coefficient (Wildman–Crippen LogP) is 2.49. The van der Waals surface area contributed by atoms with Gasteiger partial charge in [0.2, 0.25) is 0 Å². The second-order valence-electron chi connectivity index (χ2n) is 3.22. The molecule has 1 heterocycles. The van der Waals surface area contributed by atoms with Crippen molar-refractivity contribution in [3.8, 4) is 0 Å². The van der Waals surface area contributed by atoms with E-state index in [9.17, 15) is 14.9 Å². The van der Waals surface area contributed by atoms with Crippen molar-refractivity contribution in [3.05, 3.63) is 45.1 Å². The van der Waals surface area contributed by atoms with Crippen LogP contribution >= 0.6 is 11.6 Å². The van der Waals surface area contributed by atoms with E-state index in [1.807, 2.05) is 0 Å². The van der Waals surface area contributed by atoms with E-state index in [0.29, 0.717) is 0 Å². The minimum Gasteiger partial charge on any atom is -0.478 e. The Balaban J connectivity index is 2.97. The Labute approximate surface area is 99.6 Å². The number of rotatable bonds is 2. The summed E-state index contributed by atoms with van der Waals surface area (Å²) in [5.41, 5.74) is -0.438. The Bertz CT molecular complexity index is 641. The van der Waals surface area contributed by atoms with Gasteiger partial charge in [-0.15, -0.1) is 0 Å². The average molecular weight is 253 g/mol. The number of aromatic nitrogens is 1. The number of halogens is 1. The van der Waals surface area contributed by atoms with E-state index in [-0.39, 0.29) is 27.2 Å². The van der Waals surface area contributed by atoms with E-state index >= 15 is 0 Å². The fraction of sp³-hybridized carbons (Fsp3) is 0. The summed E-state index contributed by atoms with van der Waals surface area (Å²) in [6, 6.07) is 3.94. The minimum atomic E-state index is -1.23. The van der Waals surface area contributed by atoms with Gasteiger partial charge in [0.15, 0.2) is 0 Å². The molecule has 1 aromatic heterocycles. The van der Waals surface area contributed by atoms with Gasteiger partial charge < -0.3 is 5.11 Å². The summed E-state index contributed by atoms with van der Waals surface area (Å²) in [6.07, 6.45) is 1.37. The number of carboxylic acids is 1. The highest BCUT2D eigenvalue weighted by Gasteiger charge is 2.22. The highest BCUT2D eigenvalue weighted by atomic mass is 35.5. The van der Waals surface area contributed by atoms with E-state index < -0.39 is 10.9 Å². The maximum Gasteiger partial charge on any atom is 0.337 e. The van der Waals surface area contributed by atoms with Crippen LogP contribution in [0.15, 0.2) is 24.4 Å². The number of carboxylic acid groups (broad SMARTS) is 1. The highest BCUT2D eigenvalue weighted by molar-refractivity contribution is 6.34. The van der Waals surface area contributed by atoms with Crippen molar-refractivity contribution < 1.29 is 14.8 Å². The molecule has 6 nitrogen and oxygen atoms in total. The quantitative estimate of drug-likeness (QED) is 0.655. The van der Waals surface area contributed by atoms with E-state index in [1.54, 1.807) is 0 Å². The van der Waals surface area contributed by atoms with E-state index in [2.05, 4.69) is 4.98 Å². The smallest absolute Gasteiger partial charge is 0.337 e. The van der Waals surface area contributed by atoms with Gasteiger partial charge >= 0.3 is 5.97 Å². The zero-order valence-corrected chi connectivity index (χ0v) is 9.01. The number of aromatic carboxylic acids is 1. The Kier molecular flexibility index (Phi) is 2.64. The molecule has 0 aliphatic heterocycles. The van der Waals surface area contributed by atoms with Crippen molar-refractivity contribution in [2.24, 2.45) is 0 Å². The molecule has 0 bridgehead atoms. The van der Waals surface area contributed by atoms with Crippen LogP contribution in [0.5, 0.6) is 0 Å². The lowest BCUT2D eigenvalue weighted by Gasteiger charge is -2.04. The Morgan fingerprint density at radius 2 is 2.24 bits per heavy atom. The Hall–Kier alpha value is -2.21. The molecule has 0 spiro atoms. The summed E-state index contributed by atoms with van der Waals surface area (Å²) >= 11 is 5.71. The minimum absolute atomic E-state index is 0.0519. The van der Waals surface area contributed by atoms with Crippen molar-refractivity contribution in [1.82, 2.24) is 4.98 Å². The molecule has 0 unspecified atom stereocenters. The molecule has 0 radical (unpaired) electrons. The molecular weight excluding hydrogens is 248 g/mol. The molecule has 17 heavy (non-hydrogen) atoms. The first kappa shape index (κ1) is 11.3. The maximum atomic E-state index is 11.0. The van der Waals surface area contributed by atoms with Gasteiger partial charge in [0.1, 0.15) is 5.02 Å². The van der Waals surface area contributed by atoms with Gasteiger partial charge in [0.05, 0.1) is 21.4 Å². The normalized spacial score (nSPS) is 10.4. The average Bonchev–Trinajstić information content (AvgIpc) is 2.27. The van der Waals surface area contributed by atoms with E-state index in [4.69, 9.17) is 16.7 Å². The number of hydrogen-bond acceptors (Lipinski definition) is 4. The van der Waals surface area contributed by atoms with Crippen LogP contribution < -0.4 is 0 Å². The second-order valence-corrected chi connectivity index (χ2v) is 3.62. The Morgan fingerprint density at radius 1 is 1.53 bits per heavy atom. The SMILES string of the molecule is O=C(O)c1cc(Cl)c([N+](=O)[O-])c2cccnc12. The van der Waals surface area contributed by atoms with Gasteiger partial charge in [-0.1, -0.05) is 11.6 Å². The number of fused-ring (bicyclic) bond motifs is 1. The number of nitrogens with zero attached hydrogens (tertiary/aromatic N) is 2. The number of hydrogen-bond donors (Lipinski definition) is 1. The first-order valence-electron chi connectivity index (χ1n) is 4.47. The van der Waals surface area contributed by atoms with Crippen LogP contribution in [0.1, 0.15) is 10.4 Å². The summed E-state index contributed by atoms with van der Waals surface area (Å²) in [6.45, 7) is 0. The topological polar surface area (TPSA) is 93.3 Å². The Morgan fingerprint density at radius 3 is 2.82 bits per heavy atom. The fourth-order valence-electron chi connectivity index (χ4n) is 1.55. The fourth-order valence-corrected chi connectivity index (χ4v) is 1.83. The lowest BCUT2D eigenvalue weighted by molar-refractivity contribution is -0.382. The predicted molar refractivity (Wildman–Crippen MR) is 60.4 cm³/mol. The van der Waals surface area contributed by atoms with Gasteiger partial charge in [0, 0.05) is 6.20 Å². The number of carbonyl (C=O) groups is 1. The monoisotopic (exact) mass is 252 g/mol. The van der Waals surface area contributed by atoms with Crippen LogP contribution in [0.3, 0.4) is 0 Å². The molecule has 0 fully saturated rings. The van der Waals surface area contributed by atoms with Gasteiger partial charge in [-0.3, -0.25) is 15.1 Å². The third-order valence-electron chi connectivity index (χ3n) is 2.23. The molecule has 0 saturated carbocycles. The van der Waals surface area contributed by atoms with Crippen LogP contribution in [-0.2, 0) is 0 Å². The highest BCUT2D eigenvalue weighted by Crippen LogP contribution is 2.34. The number of pyridine rings is 1. The molecule has 0 aliphatic rings. The first-order chi connectivity index (χ1) is 8.02. The molecule has 2 aromatic rings. The van der Waals surface area contributed by atoms with Crippen molar-refractivity contribution in [3.63, 3.8) is 0 Å². The third-order valence-corrected chi connectivity index (χ3v) is 2.52. The van der Waals surface area contributed by atoms with Crippen LogP contribution in [0.4, 0.5) is 5.69 Å². The van der Waals surface area contributed by atoms with Crippen LogP contribution in [0.25, 0.3) is 10.9 Å². The van der Waals surface area contributed by atoms with E-state index in [0.717, 1.165) is 6.07 Å². The largest absolute Gasteiger partial charge is 0.478 e. The molecule has 0 aliphatic carbocycles. The second kappa shape index (κ2) is 3.99. The number of nitro groups is 1. The van der Waals surface area contributed by atoms with Gasteiger partial charge in [0.25, 0.3) is 5.69 Å². The standard InChI is InChI=1S/C10H5ClN2O4/c11-7-4-6(10(14)15)8-5(2-1-3-12-8)9(7)13(16)17/h1-4H,(H,14,15). The van der Waals surface area contributed by atoms with E-state index in [1.165, 1.54) is 18.3 Å². The molecule has 2 rings (SSSR count). The lowest BCUT2D eigenvalue weighted by Crippen LogP contribution is -2.01. The van der Waals surface area contributed by atoms with Crippen molar-refractivity contribution in [2.45, 2.75) is 0 Å². The number of benzene rings is 1. The molecular formula is C10H5ClN2O4. The van der Waals surface area contributed by atoms with Gasteiger partial charge in [-0.2, -0.15) is 0 Å². The molecule has 86 valence electrons. The summed E-state index contributed by atoms with van der Waals surface area (Å²) in [7, 11) is 0. The maximum absolute atomic E-state index is 11.0. The molecule has 1 N–H and O–H groups in total. The van der Waals surface area contributed by atoms with Crippen molar-refractivity contribution in [2.75, 3.05) is 0 Å². The van der Waals surface area contributed by atoms with Gasteiger partial charge in [-0.25, -0.2) is 4.79 Å². The van der Waals surface area contributed by atoms with Crippen molar-refractivity contribution >= 4 is 34.2 Å². The summed E-state index contributed by atoms with van der Waals surface area (Å²) < 4.78 is 0. The molecule has 0 atom stereocenters. The number of nitro benzene ring substituents is 1. The lowest BCUT2D eigenvalue weighted by atomic mass is 10.1. The van der Waals surface area contributed by atoms with Crippen LogP contribution in [0.2, 0.25) is 5.02 Å². The summed E-state index contributed by atoms with van der Waals surface area (Å²) in [5, 5.41) is 19.7. The van der Waals surface area contributed by atoms with Gasteiger partial charge in [-0.05, 0) is 18.2 Å².